The van der Waals surface area contributed by atoms with Crippen LogP contribution in [0.3, 0.4) is 0 Å². The lowest BCUT2D eigenvalue weighted by Gasteiger charge is -2.13. The molecule has 1 aromatic carbocycles. The topological polar surface area (TPSA) is 70.2 Å². The van der Waals surface area contributed by atoms with Crippen molar-refractivity contribution in [2.75, 3.05) is 17.2 Å². The molecule has 0 fully saturated rings. The Kier molecular flexibility index (Phi) is 6.88. The Morgan fingerprint density at radius 2 is 1.86 bits per heavy atom. The number of aryl methyl sites for hydroxylation is 1. The first kappa shape index (κ1) is 17.2. The van der Waals surface area contributed by atoms with E-state index in [9.17, 15) is 9.59 Å². The molecule has 21 heavy (non-hydrogen) atoms. The number of amides is 2. The van der Waals surface area contributed by atoms with E-state index in [4.69, 9.17) is 0 Å². The van der Waals surface area contributed by atoms with Crippen LogP contribution in [0.2, 0.25) is 0 Å². The fourth-order valence-electron chi connectivity index (χ4n) is 1.69. The summed E-state index contributed by atoms with van der Waals surface area (Å²) in [7, 11) is 0. The minimum atomic E-state index is -0.0908. The van der Waals surface area contributed by atoms with Gasteiger partial charge in [-0.2, -0.15) is 0 Å². The molecule has 5 nitrogen and oxygen atoms in total. The van der Waals surface area contributed by atoms with Crippen molar-refractivity contribution < 1.29 is 9.59 Å². The summed E-state index contributed by atoms with van der Waals surface area (Å²) in [5, 5.41) is 8.79. The number of hydrogen-bond donors (Lipinski definition) is 3. The van der Waals surface area contributed by atoms with Crippen LogP contribution in [-0.4, -0.2) is 24.4 Å². The zero-order valence-corrected chi connectivity index (χ0v) is 13.2. The third kappa shape index (κ3) is 5.95. The molecule has 0 bridgehead atoms. The summed E-state index contributed by atoms with van der Waals surface area (Å²) in [6.45, 7) is 8.10. The van der Waals surface area contributed by atoms with Gasteiger partial charge in [0.1, 0.15) is 0 Å². The Balaban J connectivity index is 2.65. The van der Waals surface area contributed by atoms with E-state index in [-0.39, 0.29) is 18.4 Å². The first-order chi connectivity index (χ1) is 9.96. The van der Waals surface area contributed by atoms with Gasteiger partial charge in [0, 0.05) is 23.8 Å². The second-order valence-corrected chi connectivity index (χ2v) is 5.17. The van der Waals surface area contributed by atoms with Crippen LogP contribution in [0, 0.1) is 6.92 Å². The number of benzene rings is 1. The van der Waals surface area contributed by atoms with E-state index < -0.39 is 0 Å². The highest BCUT2D eigenvalue weighted by atomic mass is 16.2. The molecule has 5 heteroatoms. The van der Waals surface area contributed by atoms with Crippen molar-refractivity contribution in [1.82, 2.24) is 5.32 Å². The average molecular weight is 291 g/mol. The first-order valence-electron chi connectivity index (χ1n) is 7.40. The van der Waals surface area contributed by atoms with Crippen molar-refractivity contribution in [2.45, 2.75) is 46.6 Å². The number of nitrogens with one attached hydrogen (secondary N) is 3. The molecule has 0 saturated carbocycles. The predicted molar refractivity (Wildman–Crippen MR) is 86.5 cm³/mol. The van der Waals surface area contributed by atoms with E-state index >= 15 is 0 Å². The summed E-state index contributed by atoms with van der Waals surface area (Å²) in [5.74, 6) is -0.132. The Hall–Kier alpha value is -1.88. The van der Waals surface area contributed by atoms with Crippen LogP contribution >= 0.6 is 0 Å². The quantitative estimate of drug-likeness (QED) is 0.723. The fourth-order valence-corrected chi connectivity index (χ4v) is 1.69. The lowest BCUT2D eigenvalue weighted by atomic mass is 10.1. The van der Waals surface area contributed by atoms with Gasteiger partial charge < -0.3 is 16.0 Å². The molecule has 1 atom stereocenters. The molecular weight excluding hydrogens is 266 g/mol. The van der Waals surface area contributed by atoms with Gasteiger partial charge in [-0.25, -0.2) is 0 Å². The third-order valence-corrected chi connectivity index (χ3v) is 3.34. The Morgan fingerprint density at radius 3 is 2.48 bits per heavy atom. The number of hydrogen-bond acceptors (Lipinski definition) is 3. The number of carbonyl (C=O) groups is 2. The van der Waals surface area contributed by atoms with E-state index in [1.807, 2.05) is 26.0 Å². The molecule has 0 aliphatic rings. The molecule has 3 N–H and O–H groups in total. The SMILES string of the molecule is CCC(=O)Nc1cc(NC(=O)CNC(C)CC)ccc1C. The smallest absolute Gasteiger partial charge is 0.238 e. The standard InChI is InChI=1S/C16H25N3O2/c1-5-12(4)17-10-16(21)18-13-8-7-11(3)14(9-13)19-15(20)6-2/h7-9,12,17H,5-6,10H2,1-4H3,(H,18,21)(H,19,20). The van der Waals surface area contributed by atoms with Crippen molar-refractivity contribution >= 4 is 23.2 Å². The molecule has 1 unspecified atom stereocenters. The number of carbonyl (C=O) groups excluding carboxylic acids is 2. The van der Waals surface area contributed by atoms with Gasteiger partial charge in [-0.15, -0.1) is 0 Å². The summed E-state index contributed by atoms with van der Waals surface area (Å²) >= 11 is 0. The molecule has 116 valence electrons. The Labute approximate surface area is 126 Å². The van der Waals surface area contributed by atoms with E-state index in [0.717, 1.165) is 17.7 Å². The average Bonchev–Trinajstić information content (AvgIpc) is 2.47. The van der Waals surface area contributed by atoms with Crippen LogP contribution in [-0.2, 0) is 9.59 Å². The molecule has 0 spiro atoms. The second kappa shape index (κ2) is 8.42. The monoisotopic (exact) mass is 291 g/mol. The van der Waals surface area contributed by atoms with Crippen molar-refractivity contribution in [3.8, 4) is 0 Å². The lowest BCUT2D eigenvalue weighted by molar-refractivity contribution is -0.116. The molecule has 1 aromatic rings. The Bertz CT molecular complexity index is 500. The molecule has 0 saturated heterocycles. The molecule has 0 radical (unpaired) electrons. The van der Waals surface area contributed by atoms with Gasteiger partial charge in [-0.05, 0) is 38.0 Å². The van der Waals surface area contributed by atoms with E-state index in [2.05, 4.69) is 22.9 Å². The highest BCUT2D eigenvalue weighted by Gasteiger charge is 2.07. The van der Waals surface area contributed by atoms with Gasteiger partial charge in [0.25, 0.3) is 0 Å². The zero-order chi connectivity index (χ0) is 15.8. The van der Waals surface area contributed by atoms with Crippen molar-refractivity contribution in [3.05, 3.63) is 23.8 Å². The first-order valence-corrected chi connectivity index (χ1v) is 7.40. The van der Waals surface area contributed by atoms with Crippen molar-refractivity contribution in [1.29, 1.82) is 0 Å². The highest BCUT2D eigenvalue weighted by molar-refractivity contribution is 5.95. The van der Waals surface area contributed by atoms with Gasteiger partial charge in [-0.1, -0.05) is 19.9 Å². The van der Waals surface area contributed by atoms with Crippen LogP contribution in [0.1, 0.15) is 39.2 Å². The lowest BCUT2D eigenvalue weighted by Crippen LogP contribution is -2.33. The normalized spacial score (nSPS) is 11.8. The van der Waals surface area contributed by atoms with Crippen LogP contribution in [0.5, 0.6) is 0 Å². The van der Waals surface area contributed by atoms with Crippen LogP contribution in [0.4, 0.5) is 11.4 Å². The largest absolute Gasteiger partial charge is 0.326 e. The summed E-state index contributed by atoms with van der Waals surface area (Å²) in [6.07, 6.45) is 1.40. The summed E-state index contributed by atoms with van der Waals surface area (Å²) in [5.41, 5.74) is 2.38. The maximum atomic E-state index is 11.8. The van der Waals surface area contributed by atoms with Crippen LogP contribution in [0.15, 0.2) is 18.2 Å². The number of rotatable bonds is 7. The van der Waals surface area contributed by atoms with Crippen molar-refractivity contribution in [2.24, 2.45) is 0 Å². The zero-order valence-electron chi connectivity index (χ0n) is 13.2. The molecule has 0 aromatic heterocycles. The van der Waals surface area contributed by atoms with E-state index in [1.54, 1.807) is 13.0 Å². The summed E-state index contributed by atoms with van der Waals surface area (Å²) in [4.78, 5) is 23.3. The maximum absolute atomic E-state index is 11.8. The van der Waals surface area contributed by atoms with Crippen LogP contribution in [0.25, 0.3) is 0 Å². The minimum Gasteiger partial charge on any atom is -0.326 e. The molecular formula is C16H25N3O2. The van der Waals surface area contributed by atoms with Gasteiger partial charge in [0.05, 0.1) is 6.54 Å². The Morgan fingerprint density at radius 1 is 1.14 bits per heavy atom. The van der Waals surface area contributed by atoms with E-state index in [0.29, 0.717) is 18.2 Å². The molecule has 0 aliphatic carbocycles. The second-order valence-electron chi connectivity index (χ2n) is 5.17. The highest BCUT2D eigenvalue weighted by Crippen LogP contribution is 2.20. The van der Waals surface area contributed by atoms with Gasteiger partial charge in [-0.3, -0.25) is 9.59 Å². The maximum Gasteiger partial charge on any atom is 0.238 e. The minimum absolute atomic E-state index is 0.0417. The van der Waals surface area contributed by atoms with E-state index in [1.165, 1.54) is 0 Å². The third-order valence-electron chi connectivity index (χ3n) is 3.34. The van der Waals surface area contributed by atoms with Crippen LogP contribution < -0.4 is 16.0 Å². The van der Waals surface area contributed by atoms with Gasteiger partial charge in [0.15, 0.2) is 0 Å². The predicted octanol–water partition coefficient (Wildman–Crippen LogP) is 2.67. The summed E-state index contributed by atoms with van der Waals surface area (Å²) < 4.78 is 0. The molecule has 0 aliphatic heterocycles. The van der Waals surface area contributed by atoms with Crippen molar-refractivity contribution in [3.63, 3.8) is 0 Å². The molecule has 2 amide bonds. The molecule has 1 rings (SSSR count). The molecule has 0 heterocycles. The summed E-state index contributed by atoms with van der Waals surface area (Å²) in [6, 6.07) is 5.80. The van der Waals surface area contributed by atoms with Gasteiger partial charge >= 0.3 is 0 Å². The van der Waals surface area contributed by atoms with Gasteiger partial charge in [0.2, 0.25) is 11.8 Å². The fraction of sp³-hybridized carbons (Fsp3) is 0.500. The number of anilines is 2.